The number of nitrogens with zero attached hydrogens (tertiary/aromatic N) is 1. The molecule has 0 aliphatic carbocycles. The molecular weight excluding hydrogens is 341 g/mol. The molecule has 1 aromatic carbocycles. The fourth-order valence-electron chi connectivity index (χ4n) is 2.15. The van der Waals surface area contributed by atoms with Crippen LogP contribution in [0.15, 0.2) is 34.9 Å². The van der Waals surface area contributed by atoms with Crippen LogP contribution in [0.5, 0.6) is 0 Å². The largest absolute Gasteiger partial charge is 0.444 e. The molecule has 3 rings (SSSR count). The van der Waals surface area contributed by atoms with E-state index in [0.717, 1.165) is 22.9 Å². The molecule has 1 atom stereocenters. The highest BCUT2D eigenvalue weighted by atomic mass is 35.5. The Morgan fingerprint density at radius 2 is 2.22 bits per heavy atom. The molecular formula is C15H17ClFN3O2S. The van der Waals surface area contributed by atoms with Gasteiger partial charge in [-0.25, -0.2) is 9.37 Å². The smallest absolute Gasteiger partial charge is 0.238 e. The number of rotatable bonds is 5. The topological polar surface area (TPSA) is 67.2 Å². The number of hydrogen-bond donors (Lipinski definition) is 2. The van der Waals surface area contributed by atoms with Crippen molar-refractivity contribution in [3.8, 4) is 11.5 Å². The SMILES string of the molecule is Cl.O=C(NCCc1coc(-c2ccc(F)cc2)n1)C1CSCN1. The van der Waals surface area contributed by atoms with Crippen LogP contribution in [0.4, 0.5) is 4.39 Å². The molecule has 0 spiro atoms. The molecule has 1 aromatic heterocycles. The summed E-state index contributed by atoms with van der Waals surface area (Å²) >= 11 is 1.72. The van der Waals surface area contributed by atoms with Crippen LogP contribution in [-0.4, -0.2) is 35.1 Å². The van der Waals surface area contributed by atoms with Gasteiger partial charge in [0.05, 0.1) is 11.7 Å². The Morgan fingerprint density at radius 1 is 1.43 bits per heavy atom. The van der Waals surface area contributed by atoms with Gasteiger partial charge in [0.1, 0.15) is 12.1 Å². The van der Waals surface area contributed by atoms with Crippen molar-refractivity contribution in [2.45, 2.75) is 12.5 Å². The van der Waals surface area contributed by atoms with Gasteiger partial charge in [0.15, 0.2) is 0 Å². The normalized spacial score (nSPS) is 16.8. The molecule has 1 fully saturated rings. The lowest BCUT2D eigenvalue weighted by Gasteiger charge is -2.09. The lowest BCUT2D eigenvalue weighted by atomic mass is 10.2. The van der Waals surface area contributed by atoms with Gasteiger partial charge in [-0.2, -0.15) is 0 Å². The number of hydrogen-bond acceptors (Lipinski definition) is 5. The highest BCUT2D eigenvalue weighted by molar-refractivity contribution is 7.99. The van der Waals surface area contributed by atoms with Crippen molar-refractivity contribution in [1.82, 2.24) is 15.6 Å². The average Bonchev–Trinajstić information content (AvgIpc) is 3.19. The second-order valence-electron chi connectivity index (χ2n) is 4.96. The molecule has 124 valence electrons. The van der Waals surface area contributed by atoms with Gasteiger partial charge in [0, 0.05) is 30.2 Å². The number of aromatic nitrogens is 1. The summed E-state index contributed by atoms with van der Waals surface area (Å²) in [6, 6.07) is 5.88. The van der Waals surface area contributed by atoms with Crippen molar-refractivity contribution in [3.05, 3.63) is 42.0 Å². The zero-order valence-electron chi connectivity index (χ0n) is 12.3. The molecule has 1 aliphatic rings. The first kappa shape index (κ1) is 17.8. The molecule has 2 N–H and O–H groups in total. The third-order valence-corrected chi connectivity index (χ3v) is 4.30. The third kappa shape index (κ3) is 4.70. The van der Waals surface area contributed by atoms with Gasteiger partial charge in [-0.1, -0.05) is 0 Å². The van der Waals surface area contributed by atoms with Crippen LogP contribution in [0, 0.1) is 5.82 Å². The molecule has 0 radical (unpaired) electrons. The average molecular weight is 358 g/mol. The van der Waals surface area contributed by atoms with Crippen LogP contribution in [0.3, 0.4) is 0 Å². The molecule has 0 bridgehead atoms. The Balaban J connectivity index is 0.00000192. The van der Waals surface area contributed by atoms with E-state index in [-0.39, 0.29) is 30.2 Å². The molecule has 1 saturated heterocycles. The summed E-state index contributed by atoms with van der Waals surface area (Å²) in [6.07, 6.45) is 2.16. The predicted molar refractivity (Wildman–Crippen MR) is 90.1 cm³/mol. The van der Waals surface area contributed by atoms with Crippen LogP contribution in [0.25, 0.3) is 11.5 Å². The maximum Gasteiger partial charge on any atom is 0.238 e. The molecule has 1 amide bonds. The lowest BCUT2D eigenvalue weighted by Crippen LogP contribution is -2.42. The zero-order chi connectivity index (χ0) is 15.4. The van der Waals surface area contributed by atoms with Gasteiger partial charge >= 0.3 is 0 Å². The molecule has 0 saturated carbocycles. The van der Waals surface area contributed by atoms with Gasteiger partial charge in [-0.3, -0.25) is 10.1 Å². The van der Waals surface area contributed by atoms with Crippen molar-refractivity contribution in [3.63, 3.8) is 0 Å². The Labute approximate surface area is 143 Å². The molecule has 23 heavy (non-hydrogen) atoms. The molecule has 5 nitrogen and oxygen atoms in total. The minimum absolute atomic E-state index is 0. The number of benzene rings is 1. The number of carbonyl (C=O) groups is 1. The van der Waals surface area contributed by atoms with E-state index in [2.05, 4.69) is 15.6 Å². The number of nitrogens with one attached hydrogen (secondary N) is 2. The molecule has 2 aromatic rings. The maximum absolute atomic E-state index is 12.9. The summed E-state index contributed by atoms with van der Waals surface area (Å²) in [7, 11) is 0. The van der Waals surface area contributed by atoms with Crippen molar-refractivity contribution < 1.29 is 13.6 Å². The number of thioether (sulfide) groups is 1. The summed E-state index contributed by atoms with van der Waals surface area (Å²) in [5.74, 6) is 1.81. The molecule has 8 heteroatoms. The lowest BCUT2D eigenvalue weighted by molar-refractivity contribution is -0.122. The van der Waals surface area contributed by atoms with E-state index in [1.807, 2.05) is 0 Å². The van der Waals surface area contributed by atoms with Crippen LogP contribution in [0.1, 0.15) is 5.69 Å². The van der Waals surface area contributed by atoms with E-state index in [4.69, 9.17) is 4.42 Å². The van der Waals surface area contributed by atoms with E-state index >= 15 is 0 Å². The standard InChI is InChI=1S/C15H16FN3O2S.ClH/c16-11-3-1-10(2-4-11)15-19-12(7-21-15)5-6-17-14(20)13-8-22-9-18-13;/h1-4,7,13,18H,5-6,8-9H2,(H,17,20);1H. The highest BCUT2D eigenvalue weighted by Gasteiger charge is 2.21. The second-order valence-corrected chi connectivity index (χ2v) is 5.99. The number of halogens is 2. The Hall–Kier alpha value is -1.57. The van der Waals surface area contributed by atoms with Crippen LogP contribution >= 0.6 is 24.2 Å². The summed E-state index contributed by atoms with van der Waals surface area (Å²) in [5, 5.41) is 6.00. The van der Waals surface area contributed by atoms with Gasteiger partial charge in [-0.05, 0) is 24.3 Å². The van der Waals surface area contributed by atoms with Gasteiger partial charge in [-0.15, -0.1) is 24.2 Å². The van der Waals surface area contributed by atoms with E-state index in [9.17, 15) is 9.18 Å². The third-order valence-electron chi connectivity index (χ3n) is 3.36. The van der Waals surface area contributed by atoms with E-state index in [0.29, 0.717) is 18.9 Å². The van der Waals surface area contributed by atoms with Gasteiger partial charge in [0.25, 0.3) is 0 Å². The fraction of sp³-hybridized carbons (Fsp3) is 0.333. The Morgan fingerprint density at radius 3 is 2.91 bits per heavy atom. The minimum atomic E-state index is -0.295. The number of carbonyl (C=O) groups excluding carboxylic acids is 1. The molecule has 2 heterocycles. The van der Waals surface area contributed by atoms with Crippen molar-refractivity contribution in [1.29, 1.82) is 0 Å². The first-order valence-electron chi connectivity index (χ1n) is 7.01. The summed E-state index contributed by atoms with van der Waals surface area (Å²) < 4.78 is 18.3. The van der Waals surface area contributed by atoms with Gasteiger partial charge < -0.3 is 9.73 Å². The van der Waals surface area contributed by atoms with E-state index < -0.39 is 0 Å². The van der Waals surface area contributed by atoms with Crippen LogP contribution in [0.2, 0.25) is 0 Å². The first-order valence-corrected chi connectivity index (χ1v) is 8.17. The summed E-state index contributed by atoms with van der Waals surface area (Å²) in [6.45, 7) is 0.511. The monoisotopic (exact) mass is 357 g/mol. The summed E-state index contributed by atoms with van der Waals surface area (Å²) in [5.41, 5.74) is 1.48. The zero-order valence-corrected chi connectivity index (χ0v) is 13.9. The Bertz CT molecular complexity index is 644. The Kier molecular flexibility index (Phi) is 6.44. The van der Waals surface area contributed by atoms with Crippen molar-refractivity contribution in [2.75, 3.05) is 18.2 Å². The minimum Gasteiger partial charge on any atom is -0.444 e. The van der Waals surface area contributed by atoms with Crippen LogP contribution in [-0.2, 0) is 11.2 Å². The maximum atomic E-state index is 12.9. The van der Waals surface area contributed by atoms with E-state index in [1.54, 1.807) is 30.2 Å². The molecule has 1 aliphatic heterocycles. The number of oxazole rings is 1. The van der Waals surface area contributed by atoms with Crippen molar-refractivity contribution >= 4 is 30.1 Å². The fourth-order valence-corrected chi connectivity index (χ4v) is 3.09. The van der Waals surface area contributed by atoms with Crippen LogP contribution < -0.4 is 10.6 Å². The second kappa shape index (κ2) is 8.33. The van der Waals surface area contributed by atoms with E-state index in [1.165, 1.54) is 12.1 Å². The number of amides is 1. The quantitative estimate of drug-likeness (QED) is 0.859. The highest BCUT2D eigenvalue weighted by Crippen LogP contribution is 2.19. The van der Waals surface area contributed by atoms with Crippen molar-refractivity contribution in [2.24, 2.45) is 0 Å². The van der Waals surface area contributed by atoms with Gasteiger partial charge in [0.2, 0.25) is 11.8 Å². The first-order chi connectivity index (χ1) is 10.7. The molecule has 1 unspecified atom stereocenters. The summed E-state index contributed by atoms with van der Waals surface area (Å²) in [4.78, 5) is 16.2. The predicted octanol–water partition coefficient (Wildman–Crippen LogP) is 2.22.